The van der Waals surface area contributed by atoms with Gasteiger partial charge in [0.25, 0.3) is 5.91 Å². The molecule has 3 N–H and O–H groups in total. The first-order valence-corrected chi connectivity index (χ1v) is 6.92. The molecule has 0 saturated heterocycles. The van der Waals surface area contributed by atoms with Crippen molar-refractivity contribution in [3.05, 3.63) is 19.2 Å². The molecule has 1 aromatic heterocycles. The molecule has 4 nitrogen and oxygen atoms in total. The smallest absolute Gasteiger partial charge is 0.261 e. The fourth-order valence-electron chi connectivity index (χ4n) is 1.01. The average Bonchev–Trinajstić information content (AvgIpc) is 2.54. The highest BCUT2D eigenvalue weighted by atomic mass is 79.9. The van der Waals surface area contributed by atoms with Gasteiger partial charge >= 0.3 is 0 Å². The van der Waals surface area contributed by atoms with Gasteiger partial charge in [-0.2, -0.15) is 0 Å². The number of amides is 2. The van der Waals surface area contributed by atoms with E-state index in [4.69, 9.17) is 5.73 Å². The molecule has 0 unspecified atom stereocenters. The third-order valence-corrected chi connectivity index (χ3v) is 5.01. The third-order valence-electron chi connectivity index (χ3n) is 1.75. The summed E-state index contributed by atoms with van der Waals surface area (Å²) in [6.07, 6.45) is 0.854. The van der Waals surface area contributed by atoms with Crippen molar-refractivity contribution in [1.82, 2.24) is 5.32 Å². The minimum absolute atomic E-state index is 0.138. The Kier molecular flexibility index (Phi) is 5.43. The quantitative estimate of drug-likeness (QED) is 0.781. The number of halogens is 2. The van der Waals surface area contributed by atoms with Crippen LogP contribution in [0.4, 0.5) is 0 Å². The zero-order valence-corrected chi connectivity index (χ0v) is 12.2. The molecule has 1 rings (SSSR count). The molecule has 1 aromatic rings. The Hall–Kier alpha value is -0.400. The molecule has 0 aliphatic rings. The van der Waals surface area contributed by atoms with Gasteiger partial charge in [0.1, 0.15) is 0 Å². The van der Waals surface area contributed by atoms with Gasteiger partial charge in [0, 0.05) is 17.4 Å². The monoisotopic (exact) mass is 368 g/mol. The van der Waals surface area contributed by atoms with Gasteiger partial charge < -0.3 is 11.1 Å². The van der Waals surface area contributed by atoms with Crippen LogP contribution in [0, 0.1) is 0 Å². The molecule has 0 aliphatic heterocycles. The predicted octanol–water partition coefficient (Wildman–Crippen LogP) is 2.27. The van der Waals surface area contributed by atoms with Gasteiger partial charge in [-0.1, -0.05) is 0 Å². The van der Waals surface area contributed by atoms with E-state index in [1.54, 1.807) is 6.07 Å². The summed E-state index contributed by atoms with van der Waals surface area (Å²) < 4.78 is 1.74. The van der Waals surface area contributed by atoms with Crippen molar-refractivity contribution in [3.8, 4) is 0 Å². The lowest BCUT2D eigenvalue weighted by Gasteiger charge is -2.01. The molecular formula is C9H10Br2N2O2S. The number of carbonyl (C=O) groups excluding carboxylic acids is 2. The van der Waals surface area contributed by atoms with Gasteiger partial charge in [0.2, 0.25) is 5.91 Å². The lowest BCUT2D eigenvalue weighted by molar-refractivity contribution is -0.118. The van der Waals surface area contributed by atoms with E-state index in [-0.39, 0.29) is 18.2 Å². The maximum atomic E-state index is 11.6. The highest BCUT2D eigenvalue weighted by Crippen LogP contribution is 2.32. The highest BCUT2D eigenvalue weighted by Gasteiger charge is 2.11. The van der Waals surface area contributed by atoms with Gasteiger partial charge in [-0.3, -0.25) is 9.59 Å². The first-order valence-electron chi connectivity index (χ1n) is 4.52. The van der Waals surface area contributed by atoms with E-state index < -0.39 is 0 Å². The lowest BCUT2D eigenvalue weighted by Crippen LogP contribution is -2.24. The molecule has 0 radical (unpaired) electrons. The van der Waals surface area contributed by atoms with Gasteiger partial charge in [-0.15, -0.1) is 11.3 Å². The summed E-state index contributed by atoms with van der Waals surface area (Å²) in [6.45, 7) is 0.453. The number of rotatable bonds is 5. The maximum Gasteiger partial charge on any atom is 0.261 e. The summed E-state index contributed by atoms with van der Waals surface area (Å²) in [5.74, 6) is -0.489. The van der Waals surface area contributed by atoms with Gasteiger partial charge in [-0.05, 0) is 44.3 Å². The van der Waals surface area contributed by atoms with Crippen LogP contribution < -0.4 is 11.1 Å². The lowest BCUT2D eigenvalue weighted by atomic mass is 10.3. The molecule has 7 heteroatoms. The molecule has 0 atom stereocenters. The van der Waals surface area contributed by atoms with E-state index in [1.165, 1.54) is 11.3 Å². The summed E-state index contributed by atoms with van der Waals surface area (Å²) in [5.41, 5.74) is 4.98. The van der Waals surface area contributed by atoms with E-state index in [0.29, 0.717) is 17.8 Å². The fourth-order valence-corrected chi connectivity index (χ4v) is 2.96. The van der Waals surface area contributed by atoms with E-state index in [1.807, 2.05) is 0 Å². The summed E-state index contributed by atoms with van der Waals surface area (Å²) in [5, 5.41) is 2.72. The van der Waals surface area contributed by atoms with Crippen molar-refractivity contribution in [2.75, 3.05) is 6.54 Å². The number of nitrogens with one attached hydrogen (secondary N) is 1. The Bertz CT molecular complexity index is 387. The maximum absolute atomic E-state index is 11.6. The van der Waals surface area contributed by atoms with Crippen LogP contribution in [0.1, 0.15) is 22.5 Å². The Morgan fingerprint density at radius 3 is 2.62 bits per heavy atom. The Morgan fingerprint density at radius 2 is 2.12 bits per heavy atom. The van der Waals surface area contributed by atoms with E-state index >= 15 is 0 Å². The number of hydrogen-bond donors (Lipinski definition) is 2. The number of thiophene rings is 1. The minimum Gasteiger partial charge on any atom is -0.370 e. The zero-order chi connectivity index (χ0) is 12.1. The van der Waals surface area contributed by atoms with Crippen LogP contribution in [0.25, 0.3) is 0 Å². The Labute approximate surface area is 114 Å². The van der Waals surface area contributed by atoms with Crippen LogP contribution in [-0.4, -0.2) is 18.4 Å². The van der Waals surface area contributed by atoms with Gasteiger partial charge in [0.05, 0.1) is 8.66 Å². The molecule has 16 heavy (non-hydrogen) atoms. The summed E-state index contributed by atoms with van der Waals surface area (Å²) in [6, 6.07) is 1.75. The molecule has 2 amide bonds. The first kappa shape index (κ1) is 13.7. The van der Waals surface area contributed by atoms with Crippen LogP contribution in [0.3, 0.4) is 0 Å². The average molecular weight is 370 g/mol. The molecule has 0 aliphatic carbocycles. The summed E-state index contributed by atoms with van der Waals surface area (Å²) in [7, 11) is 0. The predicted molar refractivity (Wildman–Crippen MR) is 70.5 cm³/mol. The van der Waals surface area contributed by atoms with Gasteiger partial charge in [0.15, 0.2) is 0 Å². The second-order valence-electron chi connectivity index (χ2n) is 3.06. The van der Waals surface area contributed by atoms with Crippen LogP contribution in [0.15, 0.2) is 14.3 Å². The third kappa shape index (κ3) is 4.23. The zero-order valence-electron chi connectivity index (χ0n) is 8.26. The molecule has 0 fully saturated rings. The highest BCUT2D eigenvalue weighted by molar-refractivity contribution is 9.13. The number of carbonyl (C=O) groups is 2. The summed E-state index contributed by atoms with van der Waals surface area (Å²) >= 11 is 7.98. The Balaban J connectivity index is 2.38. The molecule has 88 valence electrons. The standard InChI is InChI=1S/C9H10Br2N2O2S/c10-5-4-6(16-8(5)11)9(15)13-3-1-2-7(12)14/h4H,1-3H2,(H2,12,14)(H,13,15). The largest absolute Gasteiger partial charge is 0.370 e. The number of nitrogens with two attached hydrogens (primary N) is 1. The molecule has 0 bridgehead atoms. The van der Waals surface area contributed by atoms with Crippen molar-refractivity contribution in [2.24, 2.45) is 5.73 Å². The Morgan fingerprint density at radius 1 is 1.44 bits per heavy atom. The molecular weight excluding hydrogens is 360 g/mol. The van der Waals surface area contributed by atoms with E-state index in [9.17, 15) is 9.59 Å². The van der Waals surface area contributed by atoms with Crippen molar-refractivity contribution in [1.29, 1.82) is 0 Å². The van der Waals surface area contributed by atoms with Crippen LogP contribution in [0.2, 0.25) is 0 Å². The topological polar surface area (TPSA) is 72.2 Å². The minimum atomic E-state index is -0.351. The second kappa shape index (κ2) is 6.36. The fraction of sp³-hybridized carbons (Fsp3) is 0.333. The van der Waals surface area contributed by atoms with Crippen molar-refractivity contribution in [3.63, 3.8) is 0 Å². The van der Waals surface area contributed by atoms with Crippen LogP contribution in [0.5, 0.6) is 0 Å². The molecule has 0 aromatic carbocycles. The van der Waals surface area contributed by atoms with Crippen molar-refractivity contribution in [2.45, 2.75) is 12.8 Å². The van der Waals surface area contributed by atoms with Crippen molar-refractivity contribution < 1.29 is 9.59 Å². The summed E-state index contributed by atoms with van der Waals surface area (Å²) in [4.78, 5) is 22.7. The van der Waals surface area contributed by atoms with Gasteiger partial charge in [-0.25, -0.2) is 0 Å². The van der Waals surface area contributed by atoms with Crippen LogP contribution >= 0.6 is 43.2 Å². The van der Waals surface area contributed by atoms with Crippen molar-refractivity contribution >= 4 is 55.0 Å². The SMILES string of the molecule is NC(=O)CCCNC(=O)c1cc(Br)c(Br)s1. The molecule has 1 heterocycles. The molecule has 0 saturated carbocycles. The number of primary amides is 1. The normalized spacial score (nSPS) is 10.1. The van der Waals surface area contributed by atoms with E-state index in [0.717, 1.165) is 8.26 Å². The van der Waals surface area contributed by atoms with Crippen LogP contribution in [-0.2, 0) is 4.79 Å². The molecule has 0 spiro atoms. The number of hydrogen-bond acceptors (Lipinski definition) is 3. The van der Waals surface area contributed by atoms with E-state index in [2.05, 4.69) is 37.2 Å². The second-order valence-corrected chi connectivity index (χ2v) is 6.28. The first-order chi connectivity index (χ1) is 7.50.